The number of aryl methyl sites for hydroxylation is 1. The zero-order chi connectivity index (χ0) is 15.9. The van der Waals surface area contributed by atoms with Gasteiger partial charge in [0.2, 0.25) is 0 Å². The Kier molecular flexibility index (Phi) is 5.72. The zero-order valence-electron chi connectivity index (χ0n) is 12.1. The van der Waals surface area contributed by atoms with Gasteiger partial charge in [0.15, 0.2) is 0 Å². The molecule has 0 aliphatic heterocycles. The van der Waals surface area contributed by atoms with Gasteiger partial charge in [-0.25, -0.2) is 0 Å². The van der Waals surface area contributed by atoms with Crippen molar-refractivity contribution < 1.29 is 14.3 Å². The summed E-state index contributed by atoms with van der Waals surface area (Å²) in [5.74, 6) is -0.756. The first-order valence-corrected chi connectivity index (χ1v) is 7.59. The molecule has 0 radical (unpaired) electrons. The van der Waals surface area contributed by atoms with Crippen LogP contribution in [0.3, 0.4) is 0 Å². The third-order valence-corrected chi connectivity index (χ3v) is 3.56. The van der Waals surface area contributed by atoms with E-state index >= 15 is 0 Å². The standard InChI is InChI=1S/C17H16BrNO3/c1-12-9-14(18)7-8-15(12)17(21)19-10-16(20)22-11-13-5-3-2-4-6-13/h2-9H,10-11H2,1H3,(H,19,21). The van der Waals surface area contributed by atoms with Crippen LogP contribution in [0.25, 0.3) is 0 Å². The molecule has 1 N–H and O–H groups in total. The van der Waals surface area contributed by atoms with Crippen molar-refractivity contribution in [3.63, 3.8) is 0 Å². The molecule has 0 bridgehead atoms. The van der Waals surface area contributed by atoms with Crippen LogP contribution >= 0.6 is 15.9 Å². The van der Waals surface area contributed by atoms with Gasteiger partial charge in [0.05, 0.1) is 0 Å². The van der Waals surface area contributed by atoms with Gasteiger partial charge in [-0.05, 0) is 36.2 Å². The molecule has 0 atom stereocenters. The molecule has 0 spiro atoms. The Morgan fingerprint density at radius 2 is 1.86 bits per heavy atom. The summed E-state index contributed by atoms with van der Waals surface area (Å²) in [6, 6.07) is 14.7. The van der Waals surface area contributed by atoms with Gasteiger partial charge < -0.3 is 10.1 Å². The number of carbonyl (C=O) groups is 2. The summed E-state index contributed by atoms with van der Waals surface area (Å²) in [5.41, 5.74) is 2.29. The van der Waals surface area contributed by atoms with Crippen LogP contribution in [-0.4, -0.2) is 18.4 Å². The number of hydrogen-bond acceptors (Lipinski definition) is 3. The van der Waals surface area contributed by atoms with Gasteiger partial charge in [0.1, 0.15) is 13.2 Å². The monoisotopic (exact) mass is 361 g/mol. The Morgan fingerprint density at radius 3 is 2.55 bits per heavy atom. The van der Waals surface area contributed by atoms with Crippen molar-refractivity contribution in [2.75, 3.05) is 6.54 Å². The van der Waals surface area contributed by atoms with Gasteiger partial charge in [-0.2, -0.15) is 0 Å². The molecule has 0 fully saturated rings. The molecule has 0 aliphatic carbocycles. The predicted octanol–water partition coefficient (Wildman–Crippen LogP) is 3.23. The van der Waals surface area contributed by atoms with Crippen LogP contribution in [0.2, 0.25) is 0 Å². The minimum absolute atomic E-state index is 0.152. The number of rotatable bonds is 5. The molecule has 5 heteroatoms. The fourth-order valence-electron chi connectivity index (χ4n) is 1.92. The van der Waals surface area contributed by atoms with Crippen molar-refractivity contribution >= 4 is 27.8 Å². The second kappa shape index (κ2) is 7.75. The van der Waals surface area contributed by atoms with Gasteiger partial charge >= 0.3 is 5.97 Å². The normalized spacial score (nSPS) is 10.1. The second-order valence-electron chi connectivity index (χ2n) is 4.79. The summed E-state index contributed by atoms with van der Waals surface area (Å²) in [5, 5.41) is 2.57. The maximum absolute atomic E-state index is 12.0. The number of halogens is 1. The molecule has 2 aromatic carbocycles. The van der Waals surface area contributed by atoms with Crippen molar-refractivity contribution in [2.45, 2.75) is 13.5 Å². The fraction of sp³-hybridized carbons (Fsp3) is 0.176. The Hall–Kier alpha value is -2.14. The minimum atomic E-state index is -0.466. The summed E-state index contributed by atoms with van der Waals surface area (Å²) in [6.07, 6.45) is 0. The highest BCUT2D eigenvalue weighted by molar-refractivity contribution is 9.10. The minimum Gasteiger partial charge on any atom is -0.460 e. The van der Waals surface area contributed by atoms with Crippen LogP contribution < -0.4 is 5.32 Å². The zero-order valence-corrected chi connectivity index (χ0v) is 13.7. The Bertz CT molecular complexity index is 671. The number of ether oxygens (including phenoxy) is 1. The lowest BCUT2D eigenvalue weighted by Crippen LogP contribution is -2.31. The Morgan fingerprint density at radius 1 is 1.14 bits per heavy atom. The largest absolute Gasteiger partial charge is 0.460 e. The lowest BCUT2D eigenvalue weighted by atomic mass is 10.1. The van der Waals surface area contributed by atoms with Gasteiger partial charge in [-0.1, -0.05) is 46.3 Å². The average molecular weight is 362 g/mol. The molecule has 2 aromatic rings. The molecule has 114 valence electrons. The molecular formula is C17H16BrNO3. The van der Waals surface area contributed by atoms with E-state index in [1.54, 1.807) is 12.1 Å². The smallest absolute Gasteiger partial charge is 0.325 e. The maximum Gasteiger partial charge on any atom is 0.325 e. The van der Waals surface area contributed by atoms with Crippen LogP contribution in [0.15, 0.2) is 53.0 Å². The van der Waals surface area contributed by atoms with Gasteiger partial charge in [0.25, 0.3) is 5.91 Å². The summed E-state index contributed by atoms with van der Waals surface area (Å²) in [6.45, 7) is 1.89. The Labute approximate surface area is 137 Å². The highest BCUT2D eigenvalue weighted by Gasteiger charge is 2.11. The predicted molar refractivity (Wildman–Crippen MR) is 87.5 cm³/mol. The summed E-state index contributed by atoms with van der Waals surface area (Å²) >= 11 is 3.34. The summed E-state index contributed by atoms with van der Waals surface area (Å²) < 4.78 is 6.01. The average Bonchev–Trinajstić information content (AvgIpc) is 2.51. The van der Waals surface area contributed by atoms with Crippen molar-refractivity contribution in [1.82, 2.24) is 5.32 Å². The number of esters is 1. The van der Waals surface area contributed by atoms with Crippen LogP contribution in [0.1, 0.15) is 21.5 Å². The number of hydrogen-bond donors (Lipinski definition) is 1. The molecule has 0 unspecified atom stereocenters. The molecule has 0 aliphatic rings. The van der Waals surface area contributed by atoms with E-state index < -0.39 is 5.97 Å². The first-order valence-electron chi connectivity index (χ1n) is 6.80. The highest BCUT2D eigenvalue weighted by Crippen LogP contribution is 2.15. The topological polar surface area (TPSA) is 55.4 Å². The molecule has 0 saturated heterocycles. The molecule has 1 amide bonds. The third kappa shape index (κ3) is 4.70. The molecule has 2 rings (SSSR count). The molecule has 0 heterocycles. The van der Waals surface area contributed by atoms with E-state index in [-0.39, 0.29) is 19.1 Å². The van der Waals surface area contributed by atoms with Crippen LogP contribution in [0.5, 0.6) is 0 Å². The van der Waals surface area contributed by atoms with E-state index in [0.717, 1.165) is 15.6 Å². The number of amides is 1. The van der Waals surface area contributed by atoms with Crippen LogP contribution in [0, 0.1) is 6.92 Å². The maximum atomic E-state index is 12.0. The second-order valence-corrected chi connectivity index (χ2v) is 5.70. The molecule has 22 heavy (non-hydrogen) atoms. The number of carbonyl (C=O) groups excluding carboxylic acids is 2. The van der Waals surface area contributed by atoms with E-state index in [9.17, 15) is 9.59 Å². The third-order valence-electron chi connectivity index (χ3n) is 3.07. The van der Waals surface area contributed by atoms with E-state index in [1.807, 2.05) is 43.3 Å². The fourth-order valence-corrected chi connectivity index (χ4v) is 2.39. The molecular weight excluding hydrogens is 346 g/mol. The van der Waals surface area contributed by atoms with Crippen molar-refractivity contribution in [1.29, 1.82) is 0 Å². The van der Waals surface area contributed by atoms with E-state index in [4.69, 9.17) is 4.74 Å². The lowest BCUT2D eigenvalue weighted by Gasteiger charge is -2.08. The molecule has 0 aromatic heterocycles. The van der Waals surface area contributed by atoms with Crippen molar-refractivity contribution in [3.8, 4) is 0 Å². The van der Waals surface area contributed by atoms with Gasteiger partial charge in [0, 0.05) is 10.0 Å². The van der Waals surface area contributed by atoms with E-state index in [2.05, 4.69) is 21.2 Å². The lowest BCUT2D eigenvalue weighted by molar-refractivity contribution is -0.143. The van der Waals surface area contributed by atoms with Crippen molar-refractivity contribution in [2.24, 2.45) is 0 Å². The first-order chi connectivity index (χ1) is 10.6. The summed E-state index contributed by atoms with van der Waals surface area (Å²) in [4.78, 5) is 23.7. The van der Waals surface area contributed by atoms with Crippen molar-refractivity contribution in [3.05, 3.63) is 69.7 Å². The highest BCUT2D eigenvalue weighted by atomic mass is 79.9. The SMILES string of the molecule is Cc1cc(Br)ccc1C(=O)NCC(=O)OCc1ccccc1. The summed E-state index contributed by atoms with van der Waals surface area (Å²) in [7, 11) is 0. The van der Waals surface area contributed by atoms with E-state index in [1.165, 1.54) is 0 Å². The molecule has 4 nitrogen and oxygen atoms in total. The Balaban J connectivity index is 1.82. The number of nitrogens with one attached hydrogen (secondary N) is 1. The first kappa shape index (κ1) is 16.2. The molecule has 0 saturated carbocycles. The van der Waals surface area contributed by atoms with E-state index in [0.29, 0.717) is 5.56 Å². The van der Waals surface area contributed by atoms with Gasteiger partial charge in [-0.3, -0.25) is 9.59 Å². The van der Waals surface area contributed by atoms with Crippen LogP contribution in [-0.2, 0) is 16.1 Å². The van der Waals surface area contributed by atoms with Crippen LogP contribution in [0.4, 0.5) is 0 Å². The quantitative estimate of drug-likeness (QED) is 0.831. The number of benzene rings is 2. The van der Waals surface area contributed by atoms with Gasteiger partial charge in [-0.15, -0.1) is 0 Å².